The topological polar surface area (TPSA) is 26.0 Å². The maximum absolute atomic E-state index is 6.52. The molecule has 0 heterocycles. The van der Waals surface area contributed by atoms with Crippen molar-refractivity contribution in [3.05, 3.63) is 34.9 Å². The van der Waals surface area contributed by atoms with Crippen LogP contribution in [0.2, 0.25) is 0 Å². The van der Waals surface area contributed by atoms with Crippen molar-refractivity contribution in [1.29, 1.82) is 0 Å². The molecule has 1 unspecified atom stereocenters. The zero-order valence-electron chi connectivity index (χ0n) is 16.3. The molecule has 22 heavy (non-hydrogen) atoms. The van der Waals surface area contributed by atoms with Crippen LogP contribution in [0.5, 0.6) is 0 Å². The SMILES string of the molecule is CCCC(c1cc(C(C)(C)C)cc(C(C)(C)C)c1)C(C)(C)N. The Morgan fingerprint density at radius 3 is 1.50 bits per heavy atom. The van der Waals surface area contributed by atoms with Gasteiger partial charge in [0.1, 0.15) is 0 Å². The van der Waals surface area contributed by atoms with Crippen LogP contribution in [0.4, 0.5) is 0 Å². The number of benzene rings is 1. The third-order valence-electron chi connectivity index (χ3n) is 4.57. The van der Waals surface area contributed by atoms with E-state index in [1.54, 1.807) is 0 Å². The predicted octanol–water partition coefficient (Wildman–Crippen LogP) is 5.90. The van der Waals surface area contributed by atoms with Gasteiger partial charge in [-0.1, -0.05) is 73.1 Å². The summed E-state index contributed by atoms with van der Waals surface area (Å²) in [6, 6.07) is 7.17. The van der Waals surface area contributed by atoms with E-state index in [1.807, 2.05) is 0 Å². The van der Waals surface area contributed by atoms with E-state index in [0.717, 1.165) is 12.8 Å². The van der Waals surface area contributed by atoms with Crippen LogP contribution in [-0.4, -0.2) is 5.54 Å². The first kappa shape index (κ1) is 19.2. The summed E-state index contributed by atoms with van der Waals surface area (Å²) in [5.74, 6) is 0.404. The molecule has 1 nitrogen and oxygen atoms in total. The Morgan fingerprint density at radius 1 is 0.818 bits per heavy atom. The van der Waals surface area contributed by atoms with E-state index in [2.05, 4.69) is 80.5 Å². The second kappa shape index (κ2) is 6.35. The van der Waals surface area contributed by atoms with Crippen molar-refractivity contribution in [3.8, 4) is 0 Å². The van der Waals surface area contributed by atoms with E-state index >= 15 is 0 Å². The first-order valence-electron chi connectivity index (χ1n) is 8.71. The maximum Gasteiger partial charge on any atom is 0.0166 e. The van der Waals surface area contributed by atoms with Gasteiger partial charge < -0.3 is 5.73 Å². The van der Waals surface area contributed by atoms with Crippen LogP contribution in [0.15, 0.2) is 18.2 Å². The first-order valence-corrected chi connectivity index (χ1v) is 8.71. The number of hydrogen-bond donors (Lipinski definition) is 1. The minimum Gasteiger partial charge on any atom is -0.325 e. The van der Waals surface area contributed by atoms with Gasteiger partial charge in [-0.2, -0.15) is 0 Å². The lowest BCUT2D eigenvalue weighted by Crippen LogP contribution is -2.39. The smallest absolute Gasteiger partial charge is 0.0166 e. The minimum atomic E-state index is -0.193. The molecule has 1 rings (SSSR count). The van der Waals surface area contributed by atoms with E-state index in [0.29, 0.717) is 5.92 Å². The van der Waals surface area contributed by atoms with Crippen LogP contribution in [0, 0.1) is 0 Å². The Hall–Kier alpha value is -0.820. The van der Waals surface area contributed by atoms with Gasteiger partial charge in [-0.05, 0) is 47.8 Å². The van der Waals surface area contributed by atoms with Gasteiger partial charge >= 0.3 is 0 Å². The molecule has 1 atom stereocenters. The monoisotopic (exact) mass is 303 g/mol. The zero-order valence-corrected chi connectivity index (χ0v) is 16.3. The fourth-order valence-corrected chi connectivity index (χ4v) is 2.98. The van der Waals surface area contributed by atoms with Gasteiger partial charge in [-0.15, -0.1) is 0 Å². The Morgan fingerprint density at radius 2 is 1.23 bits per heavy atom. The first-order chi connectivity index (χ1) is 9.76. The van der Waals surface area contributed by atoms with E-state index in [9.17, 15) is 0 Å². The standard InChI is InChI=1S/C21H37N/c1-10-11-18(21(8,9)22)15-12-16(19(2,3)4)14-17(13-15)20(5,6)7/h12-14,18H,10-11,22H2,1-9H3. The fourth-order valence-electron chi connectivity index (χ4n) is 2.98. The minimum absolute atomic E-state index is 0.158. The predicted molar refractivity (Wildman–Crippen MR) is 99.8 cm³/mol. The van der Waals surface area contributed by atoms with Crippen molar-refractivity contribution < 1.29 is 0 Å². The lowest BCUT2D eigenvalue weighted by atomic mass is 9.74. The summed E-state index contributed by atoms with van der Waals surface area (Å²) >= 11 is 0. The largest absolute Gasteiger partial charge is 0.325 e. The third kappa shape index (κ3) is 4.84. The molecule has 0 fully saturated rings. The van der Waals surface area contributed by atoms with Gasteiger partial charge in [0.15, 0.2) is 0 Å². The fraction of sp³-hybridized carbons (Fsp3) is 0.714. The molecule has 0 saturated heterocycles. The van der Waals surface area contributed by atoms with E-state index in [1.165, 1.54) is 16.7 Å². The van der Waals surface area contributed by atoms with Crippen LogP contribution < -0.4 is 5.73 Å². The second-order valence-corrected chi connectivity index (χ2v) is 9.51. The van der Waals surface area contributed by atoms with Gasteiger partial charge in [0.25, 0.3) is 0 Å². The van der Waals surface area contributed by atoms with Gasteiger partial charge in [0.05, 0.1) is 0 Å². The average Bonchev–Trinajstić information content (AvgIpc) is 2.31. The Balaban J connectivity index is 3.52. The van der Waals surface area contributed by atoms with E-state index in [-0.39, 0.29) is 16.4 Å². The Bertz CT molecular complexity index is 460. The highest BCUT2D eigenvalue weighted by Gasteiger charge is 2.29. The molecule has 126 valence electrons. The molecule has 0 aliphatic heterocycles. The molecule has 1 heteroatoms. The molecule has 0 aliphatic carbocycles. The van der Waals surface area contributed by atoms with Crippen molar-refractivity contribution >= 4 is 0 Å². The summed E-state index contributed by atoms with van der Waals surface area (Å²) in [7, 11) is 0. The number of nitrogens with two attached hydrogens (primary N) is 1. The van der Waals surface area contributed by atoms with Crippen LogP contribution in [0.25, 0.3) is 0 Å². The molecule has 0 radical (unpaired) electrons. The highest BCUT2D eigenvalue weighted by atomic mass is 14.7. The van der Waals surface area contributed by atoms with Gasteiger partial charge in [-0.3, -0.25) is 0 Å². The van der Waals surface area contributed by atoms with Gasteiger partial charge in [0.2, 0.25) is 0 Å². The normalized spacial score (nSPS) is 15.0. The number of hydrogen-bond acceptors (Lipinski definition) is 1. The lowest BCUT2D eigenvalue weighted by molar-refractivity contribution is 0.386. The average molecular weight is 304 g/mol. The zero-order chi connectivity index (χ0) is 17.3. The van der Waals surface area contributed by atoms with Crippen LogP contribution >= 0.6 is 0 Å². The van der Waals surface area contributed by atoms with Crippen molar-refractivity contribution in [2.75, 3.05) is 0 Å². The summed E-state index contributed by atoms with van der Waals surface area (Å²) in [6.45, 7) is 20.3. The molecule has 1 aromatic rings. The molecule has 0 amide bonds. The van der Waals surface area contributed by atoms with E-state index in [4.69, 9.17) is 5.73 Å². The Labute approximate surface area is 138 Å². The van der Waals surface area contributed by atoms with Crippen molar-refractivity contribution in [2.45, 2.75) is 97.4 Å². The van der Waals surface area contributed by atoms with Crippen LogP contribution in [0.3, 0.4) is 0 Å². The third-order valence-corrected chi connectivity index (χ3v) is 4.57. The summed E-state index contributed by atoms with van der Waals surface area (Å²) < 4.78 is 0. The molecule has 0 spiro atoms. The summed E-state index contributed by atoms with van der Waals surface area (Å²) in [6.07, 6.45) is 2.30. The molecule has 0 aromatic heterocycles. The molecular formula is C21H37N. The molecule has 0 bridgehead atoms. The van der Waals surface area contributed by atoms with Crippen LogP contribution in [-0.2, 0) is 10.8 Å². The maximum atomic E-state index is 6.52. The van der Waals surface area contributed by atoms with Crippen molar-refractivity contribution in [3.63, 3.8) is 0 Å². The second-order valence-electron chi connectivity index (χ2n) is 9.51. The van der Waals surface area contributed by atoms with Gasteiger partial charge in [0, 0.05) is 11.5 Å². The molecule has 2 N–H and O–H groups in total. The van der Waals surface area contributed by atoms with Crippen molar-refractivity contribution in [2.24, 2.45) is 5.73 Å². The van der Waals surface area contributed by atoms with E-state index < -0.39 is 0 Å². The quantitative estimate of drug-likeness (QED) is 0.736. The molecular weight excluding hydrogens is 266 g/mol. The summed E-state index contributed by atoms with van der Waals surface area (Å²) in [4.78, 5) is 0. The van der Waals surface area contributed by atoms with Gasteiger partial charge in [-0.25, -0.2) is 0 Å². The Kier molecular flexibility index (Phi) is 5.55. The number of rotatable bonds is 4. The summed E-state index contributed by atoms with van der Waals surface area (Å²) in [5.41, 5.74) is 10.9. The highest BCUT2D eigenvalue weighted by molar-refractivity contribution is 5.39. The lowest BCUT2D eigenvalue weighted by Gasteiger charge is -2.34. The molecule has 0 saturated carbocycles. The highest BCUT2D eigenvalue weighted by Crippen LogP contribution is 2.37. The van der Waals surface area contributed by atoms with Crippen LogP contribution in [0.1, 0.15) is 97.8 Å². The van der Waals surface area contributed by atoms with Crippen molar-refractivity contribution in [1.82, 2.24) is 0 Å². The summed E-state index contributed by atoms with van der Waals surface area (Å²) in [5, 5.41) is 0. The molecule has 1 aromatic carbocycles. The molecule has 0 aliphatic rings.